The average Bonchev–Trinajstić information content (AvgIpc) is 3.25. The number of nitrogens with zero attached hydrogens (tertiary/aromatic N) is 1. The third-order valence-electron chi connectivity index (χ3n) is 6.78. The monoisotopic (exact) mass is 366 g/mol. The van der Waals surface area contributed by atoms with Crippen LogP contribution in [0.1, 0.15) is 42.7 Å². The van der Waals surface area contributed by atoms with Crippen molar-refractivity contribution < 1.29 is 9.30 Å². The molecule has 0 spiro atoms. The maximum absolute atomic E-state index is 6.58. The lowest BCUT2D eigenvalue weighted by atomic mass is 9.89. The van der Waals surface area contributed by atoms with Gasteiger partial charge >= 0.3 is 0 Å². The van der Waals surface area contributed by atoms with Crippen molar-refractivity contribution in [2.24, 2.45) is 7.05 Å². The summed E-state index contributed by atoms with van der Waals surface area (Å²) in [4.78, 5) is 0. The van der Waals surface area contributed by atoms with Crippen molar-refractivity contribution in [1.82, 2.24) is 0 Å². The number of aryl methyl sites for hydroxylation is 2. The zero-order chi connectivity index (χ0) is 18.8. The number of ether oxygens (including phenoxy) is 1. The SMILES string of the molecule is Cc1c2c(cc3ccccc13)Oc1cc(C3CCCC3)cc3cc[n+](C)c-2c13. The molecule has 0 unspecified atom stereocenters. The fourth-order valence-electron chi connectivity index (χ4n) is 5.35. The Balaban J connectivity index is 1.69. The molecule has 0 radical (unpaired) electrons. The normalized spacial score (nSPS) is 15.8. The second-order valence-corrected chi connectivity index (χ2v) is 8.44. The molecule has 1 aliphatic heterocycles. The molecule has 1 aliphatic carbocycles. The fraction of sp³-hybridized carbons (Fsp3) is 0.269. The zero-order valence-corrected chi connectivity index (χ0v) is 16.5. The predicted molar refractivity (Wildman–Crippen MR) is 114 cm³/mol. The first-order valence-corrected chi connectivity index (χ1v) is 10.4. The maximum atomic E-state index is 6.58. The number of hydrogen-bond acceptors (Lipinski definition) is 1. The fourth-order valence-corrected chi connectivity index (χ4v) is 5.35. The highest BCUT2D eigenvalue weighted by Gasteiger charge is 2.31. The minimum absolute atomic E-state index is 0.682. The van der Waals surface area contributed by atoms with Gasteiger partial charge in [-0.25, -0.2) is 4.57 Å². The van der Waals surface area contributed by atoms with E-state index in [4.69, 9.17) is 4.74 Å². The number of benzene rings is 3. The van der Waals surface area contributed by atoms with Gasteiger partial charge in [-0.1, -0.05) is 43.2 Å². The topological polar surface area (TPSA) is 13.1 Å². The van der Waals surface area contributed by atoms with Crippen molar-refractivity contribution in [2.45, 2.75) is 38.5 Å². The number of pyridine rings is 1. The zero-order valence-electron chi connectivity index (χ0n) is 16.5. The first kappa shape index (κ1) is 16.1. The highest BCUT2D eigenvalue weighted by molar-refractivity contribution is 6.05. The summed E-state index contributed by atoms with van der Waals surface area (Å²) in [7, 11) is 2.15. The van der Waals surface area contributed by atoms with E-state index >= 15 is 0 Å². The van der Waals surface area contributed by atoms with Crippen molar-refractivity contribution in [2.75, 3.05) is 0 Å². The summed E-state index contributed by atoms with van der Waals surface area (Å²) < 4.78 is 8.83. The maximum Gasteiger partial charge on any atom is 0.228 e. The second kappa shape index (κ2) is 5.81. The lowest BCUT2D eigenvalue weighted by Gasteiger charge is -2.23. The predicted octanol–water partition coefficient (Wildman–Crippen LogP) is 6.56. The van der Waals surface area contributed by atoms with Crippen LogP contribution >= 0.6 is 0 Å². The minimum atomic E-state index is 0.682. The van der Waals surface area contributed by atoms with Gasteiger partial charge in [0.15, 0.2) is 6.20 Å². The van der Waals surface area contributed by atoms with E-state index in [1.54, 1.807) is 0 Å². The van der Waals surface area contributed by atoms with Gasteiger partial charge in [0.1, 0.15) is 18.5 Å². The quantitative estimate of drug-likeness (QED) is 0.306. The molecule has 0 N–H and O–H groups in total. The van der Waals surface area contributed by atoms with E-state index < -0.39 is 0 Å². The highest BCUT2D eigenvalue weighted by atomic mass is 16.5. The molecule has 2 heterocycles. The van der Waals surface area contributed by atoms with Crippen molar-refractivity contribution in [3.05, 3.63) is 65.9 Å². The highest BCUT2D eigenvalue weighted by Crippen LogP contribution is 2.49. The van der Waals surface area contributed by atoms with Crippen LogP contribution in [0, 0.1) is 6.92 Å². The van der Waals surface area contributed by atoms with E-state index in [1.807, 2.05) is 0 Å². The first-order chi connectivity index (χ1) is 13.7. The van der Waals surface area contributed by atoms with Crippen LogP contribution in [0.5, 0.6) is 11.5 Å². The molecule has 1 aromatic heterocycles. The van der Waals surface area contributed by atoms with Crippen LogP contribution in [0.25, 0.3) is 32.8 Å². The summed E-state index contributed by atoms with van der Waals surface area (Å²) in [6.45, 7) is 2.22. The summed E-state index contributed by atoms with van der Waals surface area (Å²) in [5.41, 5.74) is 5.24. The van der Waals surface area contributed by atoms with Crippen LogP contribution in [0.3, 0.4) is 0 Å². The summed E-state index contributed by atoms with van der Waals surface area (Å²) >= 11 is 0. The van der Waals surface area contributed by atoms with Gasteiger partial charge < -0.3 is 4.74 Å². The van der Waals surface area contributed by atoms with Gasteiger partial charge in [0.05, 0.1) is 10.9 Å². The summed E-state index contributed by atoms with van der Waals surface area (Å²) in [6, 6.07) is 17.8. The minimum Gasteiger partial charge on any atom is -0.456 e. The van der Waals surface area contributed by atoms with Crippen molar-refractivity contribution >= 4 is 21.5 Å². The molecule has 4 aromatic rings. The molecular weight excluding hydrogens is 342 g/mol. The molecule has 2 nitrogen and oxygen atoms in total. The molecule has 1 fully saturated rings. The van der Waals surface area contributed by atoms with E-state index in [1.165, 1.54) is 69.6 Å². The van der Waals surface area contributed by atoms with Crippen molar-refractivity contribution in [1.29, 1.82) is 0 Å². The summed E-state index contributed by atoms with van der Waals surface area (Å²) in [5.74, 6) is 2.68. The molecule has 2 aliphatic rings. The first-order valence-electron chi connectivity index (χ1n) is 10.4. The van der Waals surface area contributed by atoms with Crippen molar-refractivity contribution in [3.63, 3.8) is 0 Å². The lowest BCUT2D eigenvalue weighted by molar-refractivity contribution is -0.659. The molecule has 3 aromatic carbocycles. The van der Waals surface area contributed by atoms with Gasteiger partial charge in [-0.05, 0) is 65.1 Å². The van der Waals surface area contributed by atoms with E-state index in [0.29, 0.717) is 5.92 Å². The van der Waals surface area contributed by atoms with E-state index in [0.717, 1.165) is 11.5 Å². The Hall–Kier alpha value is -2.87. The molecule has 0 bridgehead atoms. The number of rotatable bonds is 1. The molecule has 0 amide bonds. The second-order valence-electron chi connectivity index (χ2n) is 8.44. The van der Waals surface area contributed by atoms with Gasteiger partial charge in [0.25, 0.3) is 0 Å². The standard InChI is InChI=1S/C26H24NO/c1-16-21-10-6-5-9-18(21)14-22-24(16)26-25-19(11-12-27(26)2)13-20(15-23(25)28-22)17-7-3-4-8-17/h5-6,9-15,17H,3-4,7-8H2,1-2H3/q+1. The smallest absolute Gasteiger partial charge is 0.228 e. The Bertz CT molecular complexity index is 1260. The van der Waals surface area contributed by atoms with E-state index in [2.05, 4.69) is 73.3 Å². The molecule has 2 heteroatoms. The molecular formula is C26H24NO+. The molecule has 6 rings (SSSR count). The largest absolute Gasteiger partial charge is 0.456 e. The summed E-state index contributed by atoms with van der Waals surface area (Å²) in [5, 5.41) is 5.08. The van der Waals surface area contributed by atoms with Gasteiger partial charge in [-0.2, -0.15) is 0 Å². The molecule has 28 heavy (non-hydrogen) atoms. The Kier molecular flexibility index (Phi) is 3.35. The Morgan fingerprint density at radius 3 is 2.61 bits per heavy atom. The third-order valence-corrected chi connectivity index (χ3v) is 6.78. The van der Waals surface area contributed by atoms with Crippen molar-refractivity contribution in [3.8, 4) is 22.8 Å². The van der Waals surface area contributed by atoms with Crippen LogP contribution in [-0.2, 0) is 7.05 Å². The van der Waals surface area contributed by atoms with Crippen LogP contribution in [0.4, 0.5) is 0 Å². The molecule has 138 valence electrons. The number of aromatic nitrogens is 1. The van der Waals surface area contributed by atoms with Gasteiger partial charge in [0, 0.05) is 6.07 Å². The lowest BCUT2D eigenvalue weighted by Crippen LogP contribution is -2.31. The number of fused-ring (bicyclic) bond motifs is 3. The van der Waals surface area contributed by atoms with E-state index in [-0.39, 0.29) is 0 Å². The van der Waals surface area contributed by atoms with Crippen LogP contribution in [0.2, 0.25) is 0 Å². The Morgan fingerprint density at radius 1 is 0.929 bits per heavy atom. The average molecular weight is 366 g/mol. The van der Waals surface area contributed by atoms with Crippen LogP contribution in [0.15, 0.2) is 54.7 Å². The van der Waals surface area contributed by atoms with Crippen LogP contribution in [-0.4, -0.2) is 0 Å². The third kappa shape index (κ3) is 2.18. The van der Waals surface area contributed by atoms with E-state index in [9.17, 15) is 0 Å². The number of hydrogen-bond donors (Lipinski definition) is 0. The molecule has 0 saturated heterocycles. The van der Waals surface area contributed by atoms with Crippen LogP contribution < -0.4 is 9.30 Å². The van der Waals surface area contributed by atoms with Gasteiger partial charge in [-0.15, -0.1) is 0 Å². The molecule has 0 atom stereocenters. The Labute approximate surface area is 165 Å². The summed E-state index contributed by atoms with van der Waals surface area (Å²) in [6.07, 6.45) is 7.50. The van der Waals surface area contributed by atoms with Gasteiger partial charge in [-0.3, -0.25) is 0 Å². The van der Waals surface area contributed by atoms with Gasteiger partial charge in [0.2, 0.25) is 5.69 Å². The molecule has 1 saturated carbocycles. The Morgan fingerprint density at radius 2 is 1.75 bits per heavy atom.